The van der Waals surface area contributed by atoms with E-state index in [0.717, 1.165) is 23.2 Å². The van der Waals surface area contributed by atoms with Crippen molar-refractivity contribution in [3.05, 3.63) is 64.2 Å². The minimum absolute atomic E-state index is 0.0899. The number of amides is 1. The minimum Gasteiger partial charge on any atom is -0.326 e. The summed E-state index contributed by atoms with van der Waals surface area (Å²) in [6.45, 7) is 4.18. The van der Waals surface area contributed by atoms with Crippen LogP contribution in [-0.4, -0.2) is 5.91 Å². The smallest absolute Gasteiger partial charge is 0.224 e. The molecule has 1 N–H and O–H groups in total. The maximum absolute atomic E-state index is 11.4. The van der Waals surface area contributed by atoms with Crippen LogP contribution < -0.4 is 5.32 Å². The van der Waals surface area contributed by atoms with Gasteiger partial charge in [0.1, 0.15) is 0 Å². The van der Waals surface area contributed by atoms with E-state index in [2.05, 4.69) is 43.4 Å². The molecule has 1 aliphatic rings. The number of rotatable bonds is 2. The average Bonchev–Trinajstić information content (AvgIpc) is 2.46. The summed E-state index contributed by atoms with van der Waals surface area (Å²) in [7, 11) is 0. The molecule has 0 radical (unpaired) electrons. The lowest BCUT2D eigenvalue weighted by molar-refractivity contribution is -0.116. The van der Waals surface area contributed by atoms with E-state index in [-0.39, 0.29) is 11.3 Å². The first-order chi connectivity index (χ1) is 10.0. The van der Waals surface area contributed by atoms with E-state index >= 15 is 0 Å². The number of benzene rings is 2. The van der Waals surface area contributed by atoms with E-state index in [4.69, 9.17) is 11.6 Å². The molecule has 21 heavy (non-hydrogen) atoms. The van der Waals surface area contributed by atoms with E-state index in [9.17, 15) is 4.79 Å². The molecule has 0 aliphatic carbocycles. The normalized spacial score (nSPS) is 15.3. The molecule has 1 atom stereocenters. The fourth-order valence-electron chi connectivity index (χ4n) is 2.85. The number of aryl methyl sites for hydroxylation is 3. The largest absolute Gasteiger partial charge is 0.326 e. The average molecular weight is 300 g/mol. The van der Waals surface area contributed by atoms with Gasteiger partial charge in [0.15, 0.2) is 0 Å². The van der Waals surface area contributed by atoms with Crippen LogP contribution >= 0.6 is 11.6 Å². The Morgan fingerprint density at radius 3 is 2.67 bits per heavy atom. The molecule has 0 saturated carbocycles. The first kappa shape index (κ1) is 14.2. The molecule has 0 saturated heterocycles. The zero-order valence-electron chi connectivity index (χ0n) is 12.2. The topological polar surface area (TPSA) is 29.1 Å². The molecule has 0 spiro atoms. The first-order valence-corrected chi connectivity index (χ1v) is 7.62. The fourth-order valence-corrected chi connectivity index (χ4v) is 3.23. The predicted molar refractivity (Wildman–Crippen MR) is 87.0 cm³/mol. The Morgan fingerprint density at radius 1 is 1.10 bits per heavy atom. The Balaban J connectivity index is 1.95. The van der Waals surface area contributed by atoms with Crippen LogP contribution in [-0.2, 0) is 11.2 Å². The van der Waals surface area contributed by atoms with Crippen LogP contribution in [0.15, 0.2) is 36.4 Å². The predicted octanol–water partition coefficient (Wildman–Crippen LogP) is 4.52. The van der Waals surface area contributed by atoms with Gasteiger partial charge in [-0.05, 0) is 48.6 Å². The molecule has 3 heteroatoms. The van der Waals surface area contributed by atoms with Crippen molar-refractivity contribution in [3.8, 4) is 0 Å². The van der Waals surface area contributed by atoms with Gasteiger partial charge in [-0.1, -0.05) is 35.9 Å². The Bertz CT molecular complexity index is 708. The second-order valence-electron chi connectivity index (χ2n) is 5.69. The molecule has 0 bridgehead atoms. The monoisotopic (exact) mass is 299 g/mol. The lowest BCUT2D eigenvalue weighted by Crippen LogP contribution is -2.19. The summed E-state index contributed by atoms with van der Waals surface area (Å²) in [5.74, 6) is 0.0899. The van der Waals surface area contributed by atoms with Crippen molar-refractivity contribution >= 4 is 23.2 Å². The molecule has 108 valence electrons. The third-order valence-electron chi connectivity index (χ3n) is 4.02. The zero-order valence-corrected chi connectivity index (χ0v) is 13.0. The number of carbonyl (C=O) groups is 1. The van der Waals surface area contributed by atoms with Gasteiger partial charge >= 0.3 is 0 Å². The van der Waals surface area contributed by atoms with Crippen LogP contribution in [0, 0.1) is 13.8 Å². The highest BCUT2D eigenvalue weighted by Crippen LogP contribution is 2.34. The molecule has 1 aliphatic heterocycles. The van der Waals surface area contributed by atoms with Crippen molar-refractivity contribution in [2.75, 3.05) is 5.32 Å². The minimum atomic E-state index is -0.159. The van der Waals surface area contributed by atoms with E-state index in [1.165, 1.54) is 16.7 Å². The van der Waals surface area contributed by atoms with Crippen molar-refractivity contribution in [1.29, 1.82) is 0 Å². The van der Waals surface area contributed by atoms with E-state index in [1.54, 1.807) is 0 Å². The first-order valence-electron chi connectivity index (χ1n) is 7.18. The summed E-state index contributed by atoms with van der Waals surface area (Å²) >= 11 is 6.67. The lowest BCUT2D eigenvalue weighted by atomic mass is 9.94. The second kappa shape index (κ2) is 5.53. The standard InChI is InChI=1S/C18H18ClNO/c1-11-3-6-15(12(2)9-11)18(19)14-4-7-16-13(10-14)5-8-17(21)20-16/h3-4,6-7,9-10,18H,5,8H2,1-2H3,(H,20,21). The van der Waals surface area contributed by atoms with Crippen LogP contribution in [0.3, 0.4) is 0 Å². The van der Waals surface area contributed by atoms with Crippen molar-refractivity contribution in [3.63, 3.8) is 0 Å². The molecular formula is C18H18ClNO. The number of hydrogen-bond donors (Lipinski definition) is 1. The van der Waals surface area contributed by atoms with Gasteiger partial charge in [0.05, 0.1) is 5.38 Å². The van der Waals surface area contributed by atoms with Crippen LogP contribution in [0.25, 0.3) is 0 Å². The number of alkyl halides is 1. The van der Waals surface area contributed by atoms with Crippen molar-refractivity contribution in [2.24, 2.45) is 0 Å². The van der Waals surface area contributed by atoms with Gasteiger partial charge in [-0.2, -0.15) is 0 Å². The maximum atomic E-state index is 11.4. The Morgan fingerprint density at radius 2 is 1.90 bits per heavy atom. The zero-order chi connectivity index (χ0) is 15.0. The van der Waals surface area contributed by atoms with Crippen molar-refractivity contribution < 1.29 is 4.79 Å². The number of anilines is 1. The van der Waals surface area contributed by atoms with Gasteiger partial charge in [-0.15, -0.1) is 11.6 Å². The van der Waals surface area contributed by atoms with Crippen molar-refractivity contribution in [2.45, 2.75) is 32.1 Å². The van der Waals surface area contributed by atoms with E-state index < -0.39 is 0 Å². The quantitative estimate of drug-likeness (QED) is 0.812. The number of nitrogens with one attached hydrogen (secondary N) is 1. The molecule has 2 nitrogen and oxygen atoms in total. The van der Waals surface area contributed by atoms with Crippen molar-refractivity contribution in [1.82, 2.24) is 0 Å². The molecule has 0 fully saturated rings. The van der Waals surface area contributed by atoms with Crippen LogP contribution in [0.1, 0.15) is 39.6 Å². The molecule has 2 aromatic rings. The molecular weight excluding hydrogens is 282 g/mol. The lowest BCUT2D eigenvalue weighted by Gasteiger charge is -2.20. The summed E-state index contributed by atoms with van der Waals surface area (Å²) in [6, 6.07) is 12.4. The number of carbonyl (C=O) groups excluding carboxylic acids is 1. The molecule has 1 amide bonds. The Labute approximate surface area is 130 Å². The van der Waals surface area contributed by atoms with Gasteiger partial charge in [-0.3, -0.25) is 4.79 Å². The van der Waals surface area contributed by atoms with Gasteiger partial charge < -0.3 is 5.32 Å². The summed E-state index contributed by atoms with van der Waals surface area (Å²) < 4.78 is 0. The Hall–Kier alpha value is -1.80. The van der Waals surface area contributed by atoms with Gasteiger partial charge in [0.25, 0.3) is 0 Å². The third-order valence-corrected chi connectivity index (χ3v) is 4.50. The highest BCUT2D eigenvalue weighted by molar-refractivity contribution is 6.22. The number of hydrogen-bond acceptors (Lipinski definition) is 1. The summed E-state index contributed by atoms with van der Waals surface area (Å²) in [4.78, 5) is 11.4. The molecule has 1 unspecified atom stereocenters. The second-order valence-corrected chi connectivity index (χ2v) is 6.12. The molecule has 0 aromatic heterocycles. The molecule has 3 rings (SSSR count). The van der Waals surface area contributed by atoms with Crippen LogP contribution in [0.5, 0.6) is 0 Å². The summed E-state index contributed by atoms with van der Waals surface area (Å²) in [6.07, 6.45) is 1.33. The Kier molecular flexibility index (Phi) is 3.73. The highest BCUT2D eigenvalue weighted by atomic mass is 35.5. The van der Waals surface area contributed by atoms with Crippen LogP contribution in [0.4, 0.5) is 5.69 Å². The SMILES string of the molecule is Cc1ccc(C(Cl)c2ccc3c(c2)CCC(=O)N3)c(C)c1. The van der Waals surface area contributed by atoms with Gasteiger partial charge in [0.2, 0.25) is 5.91 Å². The van der Waals surface area contributed by atoms with Gasteiger partial charge in [-0.25, -0.2) is 0 Å². The summed E-state index contributed by atoms with van der Waals surface area (Å²) in [5, 5.41) is 2.74. The summed E-state index contributed by atoms with van der Waals surface area (Å²) in [5.41, 5.74) is 6.76. The fraction of sp³-hybridized carbons (Fsp3) is 0.278. The highest BCUT2D eigenvalue weighted by Gasteiger charge is 2.18. The van der Waals surface area contributed by atoms with Gasteiger partial charge in [0, 0.05) is 12.1 Å². The third kappa shape index (κ3) is 2.81. The number of fused-ring (bicyclic) bond motifs is 1. The molecule has 1 heterocycles. The number of halogens is 1. The molecule has 2 aromatic carbocycles. The van der Waals surface area contributed by atoms with E-state index in [1.807, 2.05) is 12.1 Å². The van der Waals surface area contributed by atoms with Crippen LogP contribution in [0.2, 0.25) is 0 Å². The van der Waals surface area contributed by atoms with E-state index in [0.29, 0.717) is 6.42 Å². The maximum Gasteiger partial charge on any atom is 0.224 e.